The van der Waals surface area contributed by atoms with Crippen molar-refractivity contribution in [3.05, 3.63) is 77.7 Å². The lowest BCUT2D eigenvalue weighted by molar-refractivity contribution is 0.0432. The van der Waals surface area contributed by atoms with Gasteiger partial charge in [-0.05, 0) is 35.7 Å². The average molecular weight is 403 g/mol. The number of hydrogen-bond donors (Lipinski definition) is 0. The maximum atomic E-state index is 12.8. The molecule has 4 heterocycles. The normalized spacial score (nSPS) is 11.0. The van der Waals surface area contributed by atoms with Gasteiger partial charge >= 0.3 is 5.97 Å². The highest BCUT2D eigenvalue weighted by atomic mass is 32.1. The fourth-order valence-electron chi connectivity index (χ4n) is 2.92. The van der Waals surface area contributed by atoms with Gasteiger partial charge in [-0.15, -0.1) is 11.3 Å². The number of furan rings is 1. The Morgan fingerprint density at radius 2 is 2.00 bits per heavy atom. The molecule has 0 saturated heterocycles. The number of rotatable bonds is 5. The van der Waals surface area contributed by atoms with Crippen LogP contribution in [0.15, 0.2) is 75.2 Å². The minimum Gasteiger partial charge on any atom is -0.463 e. The number of benzene rings is 1. The van der Waals surface area contributed by atoms with Gasteiger partial charge in [0.05, 0.1) is 22.2 Å². The lowest BCUT2D eigenvalue weighted by atomic mass is 10.1. The molecule has 8 heteroatoms. The molecular formula is C21H13N3O4S. The van der Waals surface area contributed by atoms with Gasteiger partial charge in [0.25, 0.3) is 5.89 Å². The summed E-state index contributed by atoms with van der Waals surface area (Å²) in [4.78, 5) is 22.5. The predicted octanol–water partition coefficient (Wildman–Crippen LogP) is 4.96. The van der Waals surface area contributed by atoms with Gasteiger partial charge in [0.1, 0.15) is 5.69 Å². The number of carbonyl (C=O) groups excluding carboxylic acids is 1. The highest BCUT2D eigenvalue weighted by molar-refractivity contribution is 7.13. The van der Waals surface area contributed by atoms with E-state index in [1.54, 1.807) is 24.5 Å². The van der Waals surface area contributed by atoms with Crippen LogP contribution in [0.2, 0.25) is 0 Å². The first-order valence-electron chi connectivity index (χ1n) is 8.75. The van der Waals surface area contributed by atoms with E-state index in [0.29, 0.717) is 33.7 Å². The first kappa shape index (κ1) is 17.3. The van der Waals surface area contributed by atoms with Crippen LogP contribution in [0.4, 0.5) is 0 Å². The molecule has 0 spiro atoms. The van der Waals surface area contributed by atoms with E-state index in [1.165, 1.54) is 11.3 Å². The van der Waals surface area contributed by atoms with E-state index in [4.69, 9.17) is 13.7 Å². The van der Waals surface area contributed by atoms with Crippen molar-refractivity contribution in [2.24, 2.45) is 0 Å². The summed E-state index contributed by atoms with van der Waals surface area (Å²) in [5.74, 6) is 0.765. The molecule has 0 aliphatic carbocycles. The van der Waals surface area contributed by atoms with Crippen molar-refractivity contribution in [2.75, 3.05) is 0 Å². The minimum absolute atomic E-state index is 0.121. The molecule has 0 atom stereocenters. The van der Waals surface area contributed by atoms with Crippen molar-refractivity contribution in [3.8, 4) is 22.2 Å². The number of aromatic nitrogens is 3. The van der Waals surface area contributed by atoms with Gasteiger partial charge in [0.2, 0.25) is 5.82 Å². The van der Waals surface area contributed by atoms with Crippen LogP contribution < -0.4 is 0 Å². The maximum absolute atomic E-state index is 12.8. The van der Waals surface area contributed by atoms with Crippen LogP contribution in [0.5, 0.6) is 0 Å². The predicted molar refractivity (Wildman–Crippen MR) is 106 cm³/mol. The lowest BCUT2D eigenvalue weighted by Gasteiger charge is -2.08. The second-order valence-electron chi connectivity index (χ2n) is 6.11. The topological polar surface area (TPSA) is 91.2 Å². The number of carbonyl (C=O) groups is 1. The molecule has 142 valence electrons. The Bertz CT molecular complexity index is 1280. The van der Waals surface area contributed by atoms with E-state index >= 15 is 0 Å². The lowest BCUT2D eigenvalue weighted by Crippen LogP contribution is -2.07. The standard InChI is InChI=1S/C21H13N3O4S/c25-21(27-12-19-23-20(24-28-19)18-8-4-10-29-18)14-11-16(17-7-3-9-26-17)22-15-6-2-1-5-13(14)15/h1-11H,12H2. The quantitative estimate of drug-likeness (QED) is 0.383. The zero-order chi connectivity index (χ0) is 19.6. The Morgan fingerprint density at radius 3 is 2.83 bits per heavy atom. The summed E-state index contributed by atoms with van der Waals surface area (Å²) in [6, 6.07) is 16.4. The van der Waals surface area contributed by atoms with Crippen molar-refractivity contribution < 1.29 is 18.5 Å². The molecule has 0 saturated carbocycles. The molecular weight excluding hydrogens is 390 g/mol. The van der Waals surface area contributed by atoms with Crippen LogP contribution in [0.1, 0.15) is 16.2 Å². The van der Waals surface area contributed by atoms with Gasteiger partial charge in [0.15, 0.2) is 12.4 Å². The third-order valence-electron chi connectivity index (χ3n) is 4.25. The Morgan fingerprint density at radius 1 is 1.07 bits per heavy atom. The van der Waals surface area contributed by atoms with Crippen molar-refractivity contribution >= 4 is 28.2 Å². The molecule has 1 aromatic carbocycles. The van der Waals surface area contributed by atoms with Crippen LogP contribution in [-0.4, -0.2) is 21.1 Å². The Kier molecular flexibility index (Phi) is 4.38. The summed E-state index contributed by atoms with van der Waals surface area (Å²) in [7, 11) is 0. The van der Waals surface area contributed by atoms with E-state index in [9.17, 15) is 4.79 Å². The number of pyridine rings is 1. The van der Waals surface area contributed by atoms with E-state index in [-0.39, 0.29) is 12.5 Å². The molecule has 0 fully saturated rings. The highest BCUT2D eigenvalue weighted by Gasteiger charge is 2.18. The molecule has 0 radical (unpaired) electrons. The van der Waals surface area contributed by atoms with Crippen LogP contribution in [0, 0.1) is 0 Å². The van der Waals surface area contributed by atoms with E-state index < -0.39 is 5.97 Å². The van der Waals surface area contributed by atoms with Gasteiger partial charge in [-0.2, -0.15) is 4.98 Å². The number of hydrogen-bond acceptors (Lipinski definition) is 8. The van der Waals surface area contributed by atoms with Gasteiger partial charge < -0.3 is 13.7 Å². The smallest absolute Gasteiger partial charge is 0.339 e. The summed E-state index contributed by atoms with van der Waals surface area (Å²) in [5, 5.41) is 6.54. The van der Waals surface area contributed by atoms with Crippen LogP contribution in [-0.2, 0) is 11.3 Å². The molecule has 0 amide bonds. The molecule has 4 aromatic heterocycles. The van der Waals surface area contributed by atoms with Gasteiger partial charge in [0, 0.05) is 5.39 Å². The number of ether oxygens (including phenoxy) is 1. The fraction of sp³-hybridized carbons (Fsp3) is 0.0476. The summed E-state index contributed by atoms with van der Waals surface area (Å²) >= 11 is 1.50. The van der Waals surface area contributed by atoms with Gasteiger partial charge in [-0.25, -0.2) is 9.78 Å². The Balaban J connectivity index is 1.42. The first-order chi connectivity index (χ1) is 14.3. The number of nitrogens with zero attached hydrogens (tertiary/aromatic N) is 3. The van der Waals surface area contributed by atoms with Crippen LogP contribution in [0.25, 0.3) is 33.1 Å². The largest absolute Gasteiger partial charge is 0.463 e. The van der Waals surface area contributed by atoms with E-state index in [0.717, 1.165) is 4.88 Å². The zero-order valence-corrected chi connectivity index (χ0v) is 15.8. The molecule has 0 bridgehead atoms. The molecule has 0 unspecified atom stereocenters. The zero-order valence-electron chi connectivity index (χ0n) is 14.9. The average Bonchev–Trinajstić information content (AvgIpc) is 3.53. The monoisotopic (exact) mass is 403 g/mol. The fourth-order valence-corrected chi connectivity index (χ4v) is 3.57. The van der Waals surface area contributed by atoms with E-state index in [1.807, 2.05) is 41.8 Å². The second-order valence-corrected chi connectivity index (χ2v) is 7.06. The Hall–Kier alpha value is -3.78. The van der Waals surface area contributed by atoms with Crippen LogP contribution in [0.3, 0.4) is 0 Å². The second kappa shape index (κ2) is 7.33. The molecule has 5 aromatic rings. The summed E-state index contributed by atoms with van der Waals surface area (Å²) in [6.07, 6.45) is 1.56. The number of esters is 1. The minimum atomic E-state index is -0.507. The molecule has 29 heavy (non-hydrogen) atoms. The van der Waals surface area contributed by atoms with Gasteiger partial charge in [-0.3, -0.25) is 0 Å². The molecule has 0 N–H and O–H groups in total. The molecule has 7 nitrogen and oxygen atoms in total. The highest BCUT2D eigenvalue weighted by Crippen LogP contribution is 2.26. The maximum Gasteiger partial charge on any atom is 0.339 e. The van der Waals surface area contributed by atoms with Gasteiger partial charge in [-0.1, -0.05) is 29.4 Å². The van der Waals surface area contributed by atoms with Crippen molar-refractivity contribution in [3.63, 3.8) is 0 Å². The summed E-state index contributed by atoms with van der Waals surface area (Å²) in [6.45, 7) is -0.121. The molecule has 0 aliphatic heterocycles. The van der Waals surface area contributed by atoms with Crippen molar-refractivity contribution in [1.29, 1.82) is 0 Å². The van der Waals surface area contributed by atoms with Crippen molar-refractivity contribution in [1.82, 2.24) is 15.1 Å². The third kappa shape index (κ3) is 3.41. The number of thiophene rings is 1. The van der Waals surface area contributed by atoms with Crippen molar-refractivity contribution in [2.45, 2.75) is 6.61 Å². The summed E-state index contributed by atoms with van der Waals surface area (Å²) < 4.78 is 16.0. The SMILES string of the molecule is O=C(OCc1nc(-c2cccs2)no1)c1cc(-c2ccco2)nc2ccccc12. The Labute approximate surface area is 168 Å². The third-order valence-corrected chi connectivity index (χ3v) is 5.11. The van der Waals surface area contributed by atoms with Crippen LogP contribution >= 0.6 is 11.3 Å². The molecule has 5 rings (SSSR count). The number of fused-ring (bicyclic) bond motifs is 1. The number of para-hydroxylation sites is 1. The molecule has 0 aliphatic rings. The first-order valence-corrected chi connectivity index (χ1v) is 9.63. The summed E-state index contributed by atoms with van der Waals surface area (Å²) in [5.41, 5.74) is 1.62. The van der Waals surface area contributed by atoms with E-state index in [2.05, 4.69) is 15.1 Å².